The molecule has 0 N–H and O–H groups in total. The summed E-state index contributed by atoms with van der Waals surface area (Å²) in [5.41, 5.74) is 0. The second-order valence-corrected chi connectivity index (χ2v) is 0. The molecule has 0 aliphatic carbocycles. The number of hydrogen-bond donors (Lipinski definition) is 0. The van der Waals surface area contributed by atoms with Crippen LogP contribution < -0.4 is 0 Å². The zero-order valence-electron chi connectivity index (χ0n) is 2.41. The van der Waals surface area contributed by atoms with E-state index in [1.807, 2.05) is 0 Å². The summed E-state index contributed by atoms with van der Waals surface area (Å²) in [6.07, 6.45) is 0. The molecule has 0 spiro atoms. The first-order valence-corrected chi connectivity index (χ1v) is 1.84. The summed E-state index contributed by atoms with van der Waals surface area (Å²) in [6.45, 7) is 0. The van der Waals surface area contributed by atoms with Gasteiger partial charge in [0, 0.05) is 36.5 Å². The van der Waals surface area contributed by atoms with Crippen LogP contribution >= 0.6 is 8.02 Å². The largest absolute Gasteiger partial charge is 0.0615 e. The van der Waals surface area contributed by atoms with Crippen LogP contribution in [0.5, 0.6) is 0 Å². The van der Waals surface area contributed by atoms with Crippen LogP contribution in [0.1, 0.15) is 0 Å². The molecule has 0 aromatic rings. The summed E-state index contributed by atoms with van der Waals surface area (Å²) < 4.78 is 0. The molecular weight excluding hydrogens is 143 g/mol. The third-order valence-electron chi connectivity index (χ3n) is 0. The topological polar surface area (TPSA) is 0 Å². The summed E-state index contributed by atoms with van der Waals surface area (Å²) in [5, 5.41) is 0. The molecule has 0 aromatic heterocycles. The summed E-state index contributed by atoms with van der Waals surface area (Å²) >= 11 is 3.89. The normalized spacial score (nSPS) is 1.00. The van der Waals surface area contributed by atoms with E-state index in [4.69, 9.17) is 0 Å². The third kappa shape index (κ3) is 9.40. The van der Waals surface area contributed by atoms with Crippen molar-refractivity contribution in [3.8, 4) is 0 Å². The Hall–Kier alpha value is 1.66. The predicted octanol–water partition coefficient (Wildman–Crippen LogP) is -0.171. The van der Waals surface area contributed by atoms with E-state index in [2.05, 4.69) is 19.8 Å². The van der Waals surface area contributed by atoms with Gasteiger partial charge in [-0.05, 0) is 8.02 Å². The van der Waals surface area contributed by atoms with Crippen LogP contribution in [0.25, 0.3) is 0 Å². The fourth-order valence-electron chi connectivity index (χ4n) is 0. The molecule has 4 heavy (non-hydrogen) atoms. The van der Waals surface area contributed by atoms with Crippen molar-refractivity contribution in [3.63, 3.8) is 0 Å². The van der Waals surface area contributed by atoms with Gasteiger partial charge in [0.2, 0.25) is 0 Å². The van der Waals surface area contributed by atoms with Crippen molar-refractivity contribution in [1.29, 1.82) is 0 Å². The Kier molecular flexibility index (Phi) is 98.4. The minimum atomic E-state index is 0. The predicted molar refractivity (Wildman–Crippen MR) is 27.2 cm³/mol. The first-order chi connectivity index (χ1) is 1.00. The first-order valence-electron chi connectivity index (χ1n) is 0.204. The van der Waals surface area contributed by atoms with Crippen molar-refractivity contribution in [3.05, 3.63) is 0 Å². The Balaban J connectivity index is -0.00000000500. The van der Waals surface area contributed by atoms with E-state index in [1.54, 1.807) is 0 Å². The Labute approximate surface area is 56.1 Å². The van der Waals surface area contributed by atoms with E-state index in [1.165, 1.54) is 0 Å². The van der Waals surface area contributed by atoms with E-state index in [-0.39, 0.29) is 36.5 Å². The molecular formula is HGeLiPS. The van der Waals surface area contributed by atoms with Gasteiger partial charge in [-0.3, -0.25) is 0 Å². The maximum atomic E-state index is 3.89. The second kappa shape index (κ2) is 22.7. The number of rotatable bonds is 0. The zero-order chi connectivity index (χ0) is 2.00. The Morgan fingerprint density at radius 2 is 1.25 bits per heavy atom. The molecule has 0 saturated carbocycles. The maximum Gasteiger partial charge on any atom is 0 e. The van der Waals surface area contributed by atoms with Crippen molar-refractivity contribution in [2.75, 3.05) is 0 Å². The molecule has 0 aliphatic rings. The van der Waals surface area contributed by atoms with E-state index >= 15 is 0 Å². The monoisotopic (exact) mass is 145 g/mol. The molecule has 0 heterocycles. The van der Waals surface area contributed by atoms with Crippen molar-refractivity contribution < 1.29 is 0 Å². The van der Waals surface area contributed by atoms with Crippen LogP contribution in [0.15, 0.2) is 0 Å². The molecule has 0 rings (SSSR count). The van der Waals surface area contributed by atoms with Crippen LogP contribution in [0.4, 0.5) is 0 Å². The first kappa shape index (κ1) is 17.4. The molecule has 0 atom stereocenters. The number of hydrogen-bond acceptors (Lipinski definition) is 1. The van der Waals surface area contributed by atoms with E-state index in [9.17, 15) is 0 Å². The van der Waals surface area contributed by atoms with Gasteiger partial charge in [-0.15, -0.1) is 0 Å². The summed E-state index contributed by atoms with van der Waals surface area (Å²) in [7, 11) is 2.56. The van der Waals surface area contributed by atoms with Crippen molar-refractivity contribution in [1.82, 2.24) is 0 Å². The van der Waals surface area contributed by atoms with Crippen LogP contribution in [-0.2, 0) is 11.8 Å². The maximum absolute atomic E-state index is 3.89. The standard InChI is InChI=1S/Ge.Li.HPS/c;;1-2/h;;1H. The Morgan fingerprint density at radius 1 is 1.25 bits per heavy atom. The molecule has 5 radical (unpaired) electrons. The third-order valence-corrected chi connectivity index (χ3v) is 0. The van der Waals surface area contributed by atoms with Crippen molar-refractivity contribution in [2.24, 2.45) is 0 Å². The van der Waals surface area contributed by atoms with Gasteiger partial charge in [0.25, 0.3) is 0 Å². The van der Waals surface area contributed by atoms with Gasteiger partial charge in [-0.25, -0.2) is 0 Å². The van der Waals surface area contributed by atoms with E-state index in [0.29, 0.717) is 0 Å². The minimum absolute atomic E-state index is 0. The average molecular weight is 144 g/mol. The molecule has 0 unspecified atom stereocenters. The van der Waals surface area contributed by atoms with Gasteiger partial charge in [0.05, 0.1) is 0 Å². The Bertz CT molecular complexity index is 8.00. The SMILES string of the molecule is P=S.[Ge].[Li]. The fourth-order valence-corrected chi connectivity index (χ4v) is 0. The fraction of sp³-hybridized carbons (Fsp3) is 0. The van der Waals surface area contributed by atoms with Gasteiger partial charge in [0.15, 0.2) is 0 Å². The quantitative estimate of drug-likeness (QED) is 0.335. The Morgan fingerprint density at radius 3 is 1.25 bits per heavy atom. The van der Waals surface area contributed by atoms with Gasteiger partial charge in [0.1, 0.15) is 0 Å². The van der Waals surface area contributed by atoms with E-state index in [0.717, 1.165) is 0 Å². The van der Waals surface area contributed by atoms with Crippen LogP contribution in [0, 0.1) is 0 Å². The van der Waals surface area contributed by atoms with Gasteiger partial charge in [-0.1, -0.05) is 11.8 Å². The molecule has 0 saturated heterocycles. The van der Waals surface area contributed by atoms with Gasteiger partial charge >= 0.3 is 0 Å². The zero-order valence-corrected chi connectivity index (χ0v) is 6.32. The summed E-state index contributed by atoms with van der Waals surface area (Å²) in [4.78, 5) is 0. The van der Waals surface area contributed by atoms with Crippen LogP contribution in [0.2, 0.25) is 0 Å². The minimum Gasteiger partial charge on any atom is -0.0615 e. The molecule has 0 nitrogen and oxygen atoms in total. The molecule has 0 fully saturated rings. The van der Waals surface area contributed by atoms with Crippen LogP contribution in [-0.4, -0.2) is 36.5 Å². The molecule has 4 heteroatoms. The molecule has 17 valence electrons. The second-order valence-electron chi connectivity index (χ2n) is 0. The van der Waals surface area contributed by atoms with Gasteiger partial charge in [-0.2, -0.15) is 0 Å². The van der Waals surface area contributed by atoms with E-state index < -0.39 is 0 Å². The van der Waals surface area contributed by atoms with Crippen LogP contribution in [0.3, 0.4) is 0 Å². The summed E-state index contributed by atoms with van der Waals surface area (Å²) in [6, 6.07) is 0. The molecule has 0 aliphatic heterocycles. The van der Waals surface area contributed by atoms with Crippen molar-refractivity contribution >= 4 is 56.3 Å². The summed E-state index contributed by atoms with van der Waals surface area (Å²) in [5.74, 6) is 0. The molecule has 0 amide bonds. The molecule has 0 bridgehead atoms. The van der Waals surface area contributed by atoms with Gasteiger partial charge < -0.3 is 0 Å². The average Bonchev–Trinajstić information content (AvgIpc) is 1.00. The smallest absolute Gasteiger partial charge is 0 e. The molecule has 0 aromatic carbocycles. The van der Waals surface area contributed by atoms with Crippen molar-refractivity contribution in [2.45, 2.75) is 0 Å².